The second kappa shape index (κ2) is 7.53. The topological polar surface area (TPSA) is 41.9 Å². The molecule has 1 aromatic rings. The average molecular weight is 293 g/mol. The molecule has 114 valence electrons. The van der Waals surface area contributed by atoms with Crippen molar-refractivity contribution < 1.29 is 19.0 Å². The number of aliphatic hydroxyl groups excluding tert-OH is 1. The Morgan fingerprint density at radius 1 is 1.29 bits per heavy atom. The molecule has 1 fully saturated rings. The van der Waals surface area contributed by atoms with Crippen LogP contribution < -0.4 is 0 Å². The summed E-state index contributed by atoms with van der Waals surface area (Å²) in [6.45, 7) is 1.94. The lowest BCUT2D eigenvalue weighted by Crippen LogP contribution is -2.27. The Bertz CT molecular complexity index is 526. The molecule has 0 bridgehead atoms. The number of benzene rings is 1. The summed E-state index contributed by atoms with van der Waals surface area (Å²) < 4.78 is 24.2. The first kappa shape index (κ1) is 15.9. The van der Waals surface area contributed by atoms with Gasteiger partial charge in [0, 0.05) is 39.4 Å². The van der Waals surface area contributed by atoms with Crippen LogP contribution in [0.4, 0.5) is 4.39 Å². The lowest BCUT2D eigenvalue weighted by atomic mass is 10.1. The summed E-state index contributed by atoms with van der Waals surface area (Å²) in [4.78, 5) is 2.19. The maximum atomic E-state index is 13.3. The zero-order valence-electron chi connectivity index (χ0n) is 12.3. The lowest BCUT2D eigenvalue weighted by molar-refractivity contribution is -0.00461. The SMILES string of the molecule is COC1CN(Cc2ccc(F)cc2C#CCO)CC1OC. The van der Waals surface area contributed by atoms with Gasteiger partial charge in [-0.15, -0.1) is 0 Å². The number of hydrogen-bond acceptors (Lipinski definition) is 4. The molecular weight excluding hydrogens is 273 g/mol. The van der Waals surface area contributed by atoms with Crippen LogP contribution in [0.1, 0.15) is 11.1 Å². The monoisotopic (exact) mass is 293 g/mol. The minimum atomic E-state index is -0.327. The van der Waals surface area contributed by atoms with Crippen LogP contribution >= 0.6 is 0 Å². The fourth-order valence-corrected chi connectivity index (χ4v) is 2.58. The van der Waals surface area contributed by atoms with Gasteiger partial charge in [-0.1, -0.05) is 17.9 Å². The van der Waals surface area contributed by atoms with Gasteiger partial charge < -0.3 is 14.6 Å². The van der Waals surface area contributed by atoms with Crippen LogP contribution in [-0.2, 0) is 16.0 Å². The number of rotatable bonds is 4. The zero-order valence-corrected chi connectivity index (χ0v) is 12.3. The maximum absolute atomic E-state index is 13.3. The molecule has 1 N–H and O–H groups in total. The van der Waals surface area contributed by atoms with Gasteiger partial charge in [0.25, 0.3) is 0 Å². The van der Waals surface area contributed by atoms with Crippen LogP contribution in [0.5, 0.6) is 0 Å². The number of nitrogens with zero attached hydrogens (tertiary/aromatic N) is 1. The summed E-state index contributed by atoms with van der Waals surface area (Å²) in [5, 5.41) is 8.79. The van der Waals surface area contributed by atoms with Crippen molar-refractivity contribution in [1.29, 1.82) is 0 Å². The van der Waals surface area contributed by atoms with Crippen LogP contribution in [0.15, 0.2) is 18.2 Å². The summed E-state index contributed by atoms with van der Waals surface area (Å²) in [7, 11) is 3.35. The molecule has 0 spiro atoms. The molecule has 5 heteroatoms. The third kappa shape index (κ3) is 4.02. The van der Waals surface area contributed by atoms with Crippen molar-refractivity contribution in [2.75, 3.05) is 33.9 Å². The molecule has 2 rings (SSSR count). The van der Waals surface area contributed by atoms with Gasteiger partial charge in [0.15, 0.2) is 0 Å². The molecule has 0 saturated carbocycles. The highest BCUT2D eigenvalue weighted by atomic mass is 19.1. The normalized spacial score (nSPS) is 22.1. The second-order valence-corrected chi connectivity index (χ2v) is 5.00. The van der Waals surface area contributed by atoms with Gasteiger partial charge in [-0.05, 0) is 17.7 Å². The first-order chi connectivity index (χ1) is 10.2. The van der Waals surface area contributed by atoms with Crippen LogP contribution in [-0.4, -0.2) is 56.1 Å². The van der Waals surface area contributed by atoms with E-state index in [9.17, 15) is 4.39 Å². The first-order valence-corrected chi connectivity index (χ1v) is 6.84. The zero-order chi connectivity index (χ0) is 15.2. The highest BCUT2D eigenvalue weighted by molar-refractivity contribution is 5.41. The van der Waals surface area contributed by atoms with E-state index in [2.05, 4.69) is 16.7 Å². The smallest absolute Gasteiger partial charge is 0.124 e. The van der Waals surface area contributed by atoms with Gasteiger partial charge in [-0.2, -0.15) is 0 Å². The summed E-state index contributed by atoms with van der Waals surface area (Å²) in [5.74, 6) is 5.04. The number of halogens is 1. The quantitative estimate of drug-likeness (QED) is 0.842. The van der Waals surface area contributed by atoms with Gasteiger partial charge in [-0.3, -0.25) is 4.90 Å². The molecule has 0 amide bonds. The number of hydrogen-bond donors (Lipinski definition) is 1. The Morgan fingerprint density at radius 3 is 2.52 bits per heavy atom. The van der Waals surface area contributed by atoms with Crippen molar-refractivity contribution in [3.63, 3.8) is 0 Å². The van der Waals surface area contributed by atoms with E-state index in [4.69, 9.17) is 14.6 Å². The van der Waals surface area contributed by atoms with Gasteiger partial charge in [-0.25, -0.2) is 4.39 Å². The van der Waals surface area contributed by atoms with Gasteiger partial charge in [0.1, 0.15) is 12.4 Å². The minimum absolute atomic E-state index is 0.0439. The van der Waals surface area contributed by atoms with Crippen LogP contribution in [0.3, 0.4) is 0 Å². The minimum Gasteiger partial charge on any atom is -0.384 e. The molecule has 1 saturated heterocycles. The van der Waals surface area contributed by atoms with E-state index < -0.39 is 0 Å². The summed E-state index contributed by atoms with van der Waals surface area (Å²) in [6, 6.07) is 4.56. The summed E-state index contributed by atoms with van der Waals surface area (Å²) in [5.41, 5.74) is 1.54. The van der Waals surface area contributed by atoms with E-state index in [1.54, 1.807) is 20.3 Å². The number of aliphatic hydroxyl groups is 1. The molecule has 1 heterocycles. The Balaban J connectivity index is 2.13. The van der Waals surface area contributed by atoms with Crippen LogP contribution in [0.25, 0.3) is 0 Å². The average Bonchev–Trinajstić information content (AvgIpc) is 2.89. The molecule has 0 aliphatic carbocycles. The number of methoxy groups -OCH3 is 2. The van der Waals surface area contributed by atoms with Crippen molar-refractivity contribution in [3.8, 4) is 11.8 Å². The van der Waals surface area contributed by atoms with Crippen LogP contribution in [0.2, 0.25) is 0 Å². The molecule has 1 aliphatic rings. The second-order valence-electron chi connectivity index (χ2n) is 5.00. The third-order valence-electron chi connectivity index (χ3n) is 3.66. The standard InChI is InChI=1S/C16H20FNO3/c1-20-15-10-18(11-16(15)21-2)9-13-5-6-14(17)8-12(13)4-3-7-19/h5-6,8,15-16,19H,7,9-11H2,1-2H3. The van der Waals surface area contributed by atoms with E-state index in [0.717, 1.165) is 18.7 Å². The third-order valence-corrected chi connectivity index (χ3v) is 3.66. The molecule has 2 unspecified atom stereocenters. The highest BCUT2D eigenvalue weighted by Gasteiger charge is 2.32. The van der Waals surface area contributed by atoms with Crippen LogP contribution in [0, 0.1) is 17.7 Å². The fourth-order valence-electron chi connectivity index (χ4n) is 2.58. The summed E-state index contributed by atoms with van der Waals surface area (Å²) in [6.07, 6.45) is 0.0878. The Morgan fingerprint density at radius 2 is 1.95 bits per heavy atom. The predicted molar refractivity (Wildman–Crippen MR) is 77.2 cm³/mol. The van der Waals surface area contributed by atoms with Gasteiger partial charge >= 0.3 is 0 Å². The molecule has 21 heavy (non-hydrogen) atoms. The molecule has 4 nitrogen and oxygen atoms in total. The maximum Gasteiger partial charge on any atom is 0.124 e. The Labute approximate surface area is 124 Å². The molecular formula is C16H20FNO3. The molecule has 0 aromatic heterocycles. The van der Waals surface area contributed by atoms with E-state index in [1.165, 1.54) is 12.1 Å². The van der Waals surface area contributed by atoms with Crippen molar-refractivity contribution in [2.45, 2.75) is 18.8 Å². The van der Waals surface area contributed by atoms with Crippen molar-refractivity contribution in [3.05, 3.63) is 35.1 Å². The summed E-state index contributed by atoms with van der Waals surface area (Å²) >= 11 is 0. The molecule has 0 radical (unpaired) electrons. The lowest BCUT2D eigenvalue weighted by Gasteiger charge is -2.16. The van der Waals surface area contributed by atoms with Crippen molar-refractivity contribution in [2.24, 2.45) is 0 Å². The van der Waals surface area contributed by atoms with Crippen molar-refractivity contribution in [1.82, 2.24) is 4.90 Å². The largest absolute Gasteiger partial charge is 0.384 e. The predicted octanol–water partition coefficient (Wildman–Crippen LogP) is 1.02. The fraction of sp³-hybridized carbons (Fsp3) is 0.500. The van der Waals surface area contributed by atoms with E-state index >= 15 is 0 Å². The Kier molecular flexibility index (Phi) is 5.71. The van der Waals surface area contributed by atoms with Gasteiger partial charge in [0.05, 0.1) is 12.2 Å². The van der Waals surface area contributed by atoms with Crippen molar-refractivity contribution >= 4 is 0 Å². The van der Waals surface area contributed by atoms with E-state index in [0.29, 0.717) is 12.1 Å². The molecule has 1 aliphatic heterocycles. The van der Waals surface area contributed by atoms with Gasteiger partial charge in [0.2, 0.25) is 0 Å². The number of likely N-dealkylation sites (tertiary alicyclic amines) is 1. The first-order valence-electron chi connectivity index (χ1n) is 6.84. The molecule has 2 atom stereocenters. The van der Waals surface area contributed by atoms with E-state index in [-0.39, 0.29) is 24.6 Å². The Hall–Kier alpha value is -1.45. The van der Waals surface area contributed by atoms with E-state index in [1.807, 2.05) is 0 Å². The highest BCUT2D eigenvalue weighted by Crippen LogP contribution is 2.20. The molecule has 1 aromatic carbocycles. The number of ether oxygens (including phenoxy) is 2.